The minimum Gasteiger partial charge on any atom is -0.352 e. The summed E-state index contributed by atoms with van der Waals surface area (Å²) >= 11 is 0. The van der Waals surface area contributed by atoms with E-state index in [9.17, 15) is 4.79 Å². The lowest BCUT2D eigenvalue weighted by atomic mass is 10.2. The third-order valence-corrected chi connectivity index (χ3v) is 2.89. The minimum atomic E-state index is -0.000556. The number of nitrogens with one attached hydrogen (secondary N) is 2. The van der Waals surface area contributed by atoms with Gasteiger partial charge in [-0.05, 0) is 26.2 Å². The molecule has 4 heteroatoms. The Bertz CT molecular complexity index is 346. The Morgan fingerprint density at radius 2 is 2.27 bits per heavy atom. The maximum atomic E-state index is 11.8. The molecule has 82 valence electrons. The highest BCUT2D eigenvalue weighted by atomic mass is 16.1. The highest BCUT2D eigenvalue weighted by Crippen LogP contribution is 2.31. The van der Waals surface area contributed by atoms with E-state index >= 15 is 0 Å². The first-order valence-electron chi connectivity index (χ1n) is 5.48. The Morgan fingerprint density at radius 3 is 2.80 bits per heavy atom. The molecule has 1 aromatic rings. The lowest BCUT2D eigenvalue weighted by Crippen LogP contribution is -2.25. The molecule has 15 heavy (non-hydrogen) atoms. The minimum absolute atomic E-state index is 0.000556. The molecule has 4 nitrogen and oxygen atoms in total. The zero-order valence-electron chi connectivity index (χ0n) is 9.26. The number of carbonyl (C=O) groups excluding carboxylic acids is 1. The fraction of sp³-hybridized carbons (Fsp3) is 0.636. The number of nitrogens with zero attached hydrogens (tertiary/aromatic N) is 1. The molecule has 1 aliphatic carbocycles. The van der Waals surface area contributed by atoms with Crippen molar-refractivity contribution in [3.8, 4) is 0 Å². The van der Waals surface area contributed by atoms with Gasteiger partial charge in [0.25, 0.3) is 5.91 Å². The highest BCUT2D eigenvalue weighted by Gasteiger charge is 2.21. The number of aromatic nitrogens is 2. The van der Waals surface area contributed by atoms with Crippen molar-refractivity contribution < 1.29 is 4.79 Å². The molecule has 0 aromatic carbocycles. The van der Waals surface area contributed by atoms with E-state index in [1.165, 1.54) is 12.8 Å². The summed E-state index contributed by atoms with van der Waals surface area (Å²) in [5.41, 5.74) is 2.32. The summed E-state index contributed by atoms with van der Waals surface area (Å²) < 4.78 is 0. The summed E-state index contributed by atoms with van der Waals surface area (Å²) in [6.07, 6.45) is 3.78. The number of carbonyl (C=O) groups is 1. The van der Waals surface area contributed by atoms with E-state index in [1.54, 1.807) is 0 Å². The lowest BCUT2D eigenvalue weighted by Gasteiger charge is -2.04. The fourth-order valence-corrected chi connectivity index (χ4v) is 1.77. The van der Waals surface area contributed by atoms with Gasteiger partial charge >= 0.3 is 0 Å². The maximum Gasteiger partial charge on any atom is 0.255 e. The molecule has 0 spiro atoms. The molecule has 1 heterocycles. The molecule has 1 saturated carbocycles. The first-order valence-corrected chi connectivity index (χ1v) is 5.48. The zero-order chi connectivity index (χ0) is 10.8. The standard InChI is InChI=1S/C11H17N3O/c1-7-10(8(2)14-13-7)11(15)12-6-5-9-3-4-9/h9H,3-6H2,1-2H3,(H,12,15)(H,13,14). The number of amides is 1. The van der Waals surface area contributed by atoms with Crippen LogP contribution in [0.1, 0.15) is 41.0 Å². The largest absolute Gasteiger partial charge is 0.352 e. The molecule has 1 amide bonds. The molecule has 0 radical (unpaired) electrons. The van der Waals surface area contributed by atoms with Crippen LogP contribution in [0.3, 0.4) is 0 Å². The summed E-state index contributed by atoms with van der Waals surface area (Å²) in [5.74, 6) is 0.858. The number of hydrogen-bond acceptors (Lipinski definition) is 2. The van der Waals surface area contributed by atoms with Crippen LogP contribution in [-0.4, -0.2) is 22.6 Å². The van der Waals surface area contributed by atoms with Gasteiger partial charge in [0, 0.05) is 12.2 Å². The van der Waals surface area contributed by atoms with E-state index in [1.807, 2.05) is 13.8 Å². The van der Waals surface area contributed by atoms with Crippen molar-refractivity contribution in [2.45, 2.75) is 33.1 Å². The van der Waals surface area contributed by atoms with Crippen molar-refractivity contribution in [3.05, 3.63) is 17.0 Å². The second-order valence-corrected chi connectivity index (χ2v) is 4.30. The van der Waals surface area contributed by atoms with Gasteiger partial charge < -0.3 is 5.32 Å². The Balaban J connectivity index is 1.88. The summed E-state index contributed by atoms with van der Waals surface area (Å²) in [6, 6.07) is 0. The van der Waals surface area contributed by atoms with Crippen LogP contribution < -0.4 is 5.32 Å². The quantitative estimate of drug-likeness (QED) is 0.787. The molecule has 0 saturated heterocycles. The average Bonchev–Trinajstić information content (AvgIpc) is 2.93. The number of H-pyrrole nitrogens is 1. The number of rotatable bonds is 4. The highest BCUT2D eigenvalue weighted by molar-refractivity contribution is 5.96. The predicted octanol–water partition coefficient (Wildman–Crippen LogP) is 1.56. The van der Waals surface area contributed by atoms with Crippen molar-refractivity contribution in [3.63, 3.8) is 0 Å². The van der Waals surface area contributed by atoms with Crippen molar-refractivity contribution in [2.24, 2.45) is 5.92 Å². The van der Waals surface area contributed by atoms with Gasteiger partial charge in [0.1, 0.15) is 0 Å². The lowest BCUT2D eigenvalue weighted by molar-refractivity contribution is 0.0951. The summed E-state index contributed by atoms with van der Waals surface area (Å²) in [6.45, 7) is 4.50. The van der Waals surface area contributed by atoms with Crippen LogP contribution in [0.4, 0.5) is 0 Å². The van der Waals surface area contributed by atoms with Gasteiger partial charge in [-0.1, -0.05) is 12.8 Å². The van der Waals surface area contributed by atoms with Crippen LogP contribution >= 0.6 is 0 Å². The molecule has 0 unspecified atom stereocenters. The SMILES string of the molecule is Cc1n[nH]c(C)c1C(=O)NCCC1CC1. The second-order valence-electron chi connectivity index (χ2n) is 4.30. The molecule has 1 aliphatic rings. The summed E-state index contributed by atoms with van der Waals surface area (Å²) in [4.78, 5) is 11.8. The normalized spacial score (nSPS) is 15.3. The zero-order valence-corrected chi connectivity index (χ0v) is 9.26. The van der Waals surface area contributed by atoms with Gasteiger partial charge in [-0.2, -0.15) is 5.10 Å². The van der Waals surface area contributed by atoms with Crippen molar-refractivity contribution in [1.29, 1.82) is 0 Å². The van der Waals surface area contributed by atoms with Crippen LogP contribution in [0.15, 0.2) is 0 Å². The summed E-state index contributed by atoms with van der Waals surface area (Å²) in [7, 11) is 0. The Hall–Kier alpha value is -1.32. The number of hydrogen-bond donors (Lipinski definition) is 2. The molecule has 0 aliphatic heterocycles. The number of aryl methyl sites for hydroxylation is 2. The van der Waals surface area contributed by atoms with E-state index in [-0.39, 0.29) is 5.91 Å². The molecular formula is C11H17N3O. The van der Waals surface area contributed by atoms with E-state index in [2.05, 4.69) is 15.5 Å². The Morgan fingerprint density at radius 1 is 1.53 bits per heavy atom. The van der Waals surface area contributed by atoms with E-state index < -0.39 is 0 Å². The van der Waals surface area contributed by atoms with Crippen LogP contribution in [0.2, 0.25) is 0 Å². The topological polar surface area (TPSA) is 57.8 Å². The molecule has 0 bridgehead atoms. The molecule has 1 fully saturated rings. The van der Waals surface area contributed by atoms with Crippen molar-refractivity contribution in [1.82, 2.24) is 15.5 Å². The first-order chi connectivity index (χ1) is 7.18. The van der Waals surface area contributed by atoms with Crippen LogP contribution in [0.5, 0.6) is 0 Å². The van der Waals surface area contributed by atoms with Crippen molar-refractivity contribution in [2.75, 3.05) is 6.54 Å². The average molecular weight is 207 g/mol. The van der Waals surface area contributed by atoms with Crippen LogP contribution in [-0.2, 0) is 0 Å². The van der Waals surface area contributed by atoms with Gasteiger partial charge in [-0.3, -0.25) is 9.89 Å². The van der Waals surface area contributed by atoms with Crippen molar-refractivity contribution >= 4 is 5.91 Å². The maximum absolute atomic E-state index is 11.8. The smallest absolute Gasteiger partial charge is 0.255 e. The summed E-state index contributed by atoms with van der Waals surface area (Å²) in [5, 5.41) is 9.76. The van der Waals surface area contributed by atoms with E-state index in [0.717, 1.165) is 30.3 Å². The predicted molar refractivity (Wildman–Crippen MR) is 57.7 cm³/mol. The Kier molecular flexibility index (Phi) is 2.75. The third-order valence-electron chi connectivity index (χ3n) is 2.89. The number of aromatic amines is 1. The van der Waals surface area contributed by atoms with Crippen LogP contribution in [0.25, 0.3) is 0 Å². The van der Waals surface area contributed by atoms with Gasteiger partial charge in [0.2, 0.25) is 0 Å². The van der Waals surface area contributed by atoms with E-state index in [4.69, 9.17) is 0 Å². The fourth-order valence-electron chi connectivity index (χ4n) is 1.77. The van der Waals surface area contributed by atoms with Gasteiger partial charge in [0.15, 0.2) is 0 Å². The van der Waals surface area contributed by atoms with Gasteiger partial charge in [0.05, 0.1) is 11.3 Å². The second kappa shape index (κ2) is 4.04. The first kappa shape index (κ1) is 10.2. The molecule has 1 aromatic heterocycles. The van der Waals surface area contributed by atoms with Gasteiger partial charge in [-0.15, -0.1) is 0 Å². The molecule has 0 atom stereocenters. The van der Waals surface area contributed by atoms with E-state index in [0.29, 0.717) is 5.56 Å². The van der Waals surface area contributed by atoms with Gasteiger partial charge in [-0.25, -0.2) is 0 Å². The third kappa shape index (κ3) is 2.37. The molecule has 2 N–H and O–H groups in total. The van der Waals surface area contributed by atoms with Crippen LogP contribution in [0, 0.1) is 19.8 Å². The Labute approximate surface area is 89.5 Å². The molecule has 2 rings (SSSR count). The molecular weight excluding hydrogens is 190 g/mol. The monoisotopic (exact) mass is 207 g/mol.